The monoisotopic (exact) mass is 324 g/mol. The Balaban J connectivity index is 2.22. The highest BCUT2D eigenvalue weighted by Gasteiger charge is 2.12. The molecule has 1 N–H and O–H groups in total. The van der Waals surface area contributed by atoms with Crippen LogP contribution < -0.4 is 10.1 Å². The SMILES string of the molecule is COc1cc(Br)cc(C(=O)Nc2nc(C)n(C)n2)c1. The van der Waals surface area contributed by atoms with E-state index in [1.165, 1.54) is 0 Å². The maximum Gasteiger partial charge on any atom is 0.258 e. The van der Waals surface area contributed by atoms with Crippen molar-refractivity contribution in [3.63, 3.8) is 0 Å². The van der Waals surface area contributed by atoms with Gasteiger partial charge in [-0.25, -0.2) is 0 Å². The third-order valence-electron chi connectivity index (χ3n) is 2.58. The first-order valence-corrected chi connectivity index (χ1v) is 6.32. The molecule has 7 heteroatoms. The fourth-order valence-corrected chi connectivity index (χ4v) is 1.97. The van der Waals surface area contributed by atoms with Gasteiger partial charge in [-0.1, -0.05) is 15.9 Å². The van der Waals surface area contributed by atoms with Gasteiger partial charge < -0.3 is 4.74 Å². The molecule has 100 valence electrons. The summed E-state index contributed by atoms with van der Waals surface area (Å²) < 4.78 is 7.47. The quantitative estimate of drug-likeness (QED) is 0.939. The average molecular weight is 325 g/mol. The number of amides is 1. The van der Waals surface area contributed by atoms with Gasteiger partial charge in [0.05, 0.1) is 7.11 Å². The largest absolute Gasteiger partial charge is 0.497 e. The summed E-state index contributed by atoms with van der Waals surface area (Å²) in [5.41, 5.74) is 0.469. The molecular formula is C12H13BrN4O2. The number of ether oxygens (including phenoxy) is 1. The van der Waals surface area contributed by atoms with Crippen molar-refractivity contribution in [1.29, 1.82) is 0 Å². The molecule has 1 heterocycles. The highest BCUT2D eigenvalue weighted by Crippen LogP contribution is 2.21. The topological polar surface area (TPSA) is 69.0 Å². The van der Waals surface area contributed by atoms with E-state index in [0.717, 1.165) is 10.3 Å². The molecule has 0 atom stereocenters. The first-order chi connectivity index (χ1) is 8.99. The molecule has 2 rings (SSSR count). The van der Waals surface area contributed by atoms with Crippen molar-refractivity contribution in [2.24, 2.45) is 7.05 Å². The van der Waals surface area contributed by atoms with E-state index in [1.54, 1.807) is 37.0 Å². The highest BCUT2D eigenvalue weighted by molar-refractivity contribution is 9.10. The minimum absolute atomic E-state index is 0.281. The molecule has 0 saturated heterocycles. The van der Waals surface area contributed by atoms with Crippen molar-refractivity contribution in [2.45, 2.75) is 6.92 Å². The average Bonchev–Trinajstić information content (AvgIpc) is 2.67. The van der Waals surface area contributed by atoms with E-state index < -0.39 is 0 Å². The smallest absolute Gasteiger partial charge is 0.258 e. The Morgan fingerprint density at radius 3 is 2.74 bits per heavy atom. The van der Waals surface area contributed by atoms with Gasteiger partial charge in [0.1, 0.15) is 11.6 Å². The minimum atomic E-state index is -0.287. The van der Waals surface area contributed by atoms with Gasteiger partial charge in [0.15, 0.2) is 0 Å². The molecule has 1 aromatic carbocycles. The second-order valence-electron chi connectivity index (χ2n) is 3.94. The summed E-state index contributed by atoms with van der Waals surface area (Å²) in [4.78, 5) is 16.2. The van der Waals surface area contributed by atoms with Gasteiger partial charge in [-0.15, -0.1) is 5.10 Å². The Morgan fingerprint density at radius 2 is 2.16 bits per heavy atom. The number of anilines is 1. The van der Waals surface area contributed by atoms with Gasteiger partial charge >= 0.3 is 0 Å². The summed E-state index contributed by atoms with van der Waals surface area (Å²) in [5, 5.41) is 6.71. The van der Waals surface area contributed by atoms with Crippen LogP contribution in [0.15, 0.2) is 22.7 Å². The van der Waals surface area contributed by atoms with E-state index in [1.807, 2.05) is 6.92 Å². The predicted octanol–water partition coefficient (Wildman–Crippen LogP) is 2.15. The number of aryl methyl sites for hydroxylation is 2. The predicted molar refractivity (Wildman–Crippen MR) is 74.4 cm³/mol. The zero-order chi connectivity index (χ0) is 14.0. The summed E-state index contributed by atoms with van der Waals surface area (Å²) >= 11 is 3.33. The number of carbonyl (C=O) groups is 1. The first-order valence-electron chi connectivity index (χ1n) is 5.53. The van der Waals surface area contributed by atoms with Crippen molar-refractivity contribution >= 4 is 27.8 Å². The van der Waals surface area contributed by atoms with Crippen molar-refractivity contribution in [3.05, 3.63) is 34.1 Å². The fourth-order valence-electron chi connectivity index (χ4n) is 1.50. The van der Waals surface area contributed by atoms with Gasteiger partial charge in [0.25, 0.3) is 5.91 Å². The summed E-state index contributed by atoms with van der Waals surface area (Å²) in [6.45, 7) is 1.81. The van der Waals surface area contributed by atoms with E-state index in [2.05, 4.69) is 31.3 Å². The second kappa shape index (κ2) is 5.40. The number of halogens is 1. The van der Waals surface area contributed by atoms with Crippen LogP contribution in [0, 0.1) is 6.92 Å². The van der Waals surface area contributed by atoms with Gasteiger partial charge in [0, 0.05) is 17.1 Å². The lowest BCUT2D eigenvalue weighted by atomic mass is 10.2. The maximum atomic E-state index is 12.1. The van der Waals surface area contributed by atoms with E-state index >= 15 is 0 Å². The second-order valence-corrected chi connectivity index (χ2v) is 4.86. The third-order valence-corrected chi connectivity index (χ3v) is 3.03. The van der Waals surface area contributed by atoms with Crippen LogP contribution in [0.1, 0.15) is 16.2 Å². The van der Waals surface area contributed by atoms with Gasteiger partial charge in [0.2, 0.25) is 5.95 Å². The Bertz CT molecular complexity index is 605. The Hall–Kier alpha value is -1.89. The molecule has 0 radical (unpaired) electrons. The van der Waals surface area contributed by atoms with Gasteiger partial charge in [-0.05, 0) is 25.1 Å². The van der Waals surface area contributed by atoms with Crippen LogP contribution in [0.3, 0.4) is 0 Å². The number of benzene rings is 1. The normalized spacial score (nSPS) is 10.3. The summed E-state index contributed by atoms with van der Waals surface area (Å²) in [6.07, 6.45) is 0. The Labute approximate surface area is 118 Å². The molecule has 1 aromatic heterocycles. The van der Waals surface area contributed by atoms with Crippen molar-refractivity contribution in [3.8, 4) is 5.75 Å². The molecule has 19 heavy (non-hydrogen) atoms. The number of hydrogen-bond acceptors (Lipinski definition) is 4. The lowest BCUT2D eigenvalue weighted by Crippen LogP contribution is -2.13. The third kappa shape index (κ3) is 3.11. The molecule has 0 saturated carbocycles. The van der Waals surface area contributed by atoms with Crippen molar-refractivity contribution < 1.29 is 9.53 Å². The zero-order valence-electron chi connectivity index (χ0n) is 10.8. The standard InChI is InChI=1S/C12H13BrN4O2/c1-7-14-12(16-17(7)2)15-11(18)8-4-9(13)6-10(5-8)19-3/h4-6H,1-3H3,(H,15,16,18). The summed E-state index contributed by atoms with van der Waals surface area (Å²) in [5.74, 6) is 1.32. The van der Waals surface area contributed by atoms with Crippen molar-refractivity contribution in [2.75, 3.05) is 12.4 Å². The molecule has 2 aromatic rings. The fraction of sp³-hybridized carbons (Fsp3) is 0.250. The molecule has 0 aliphatic rings. The molecule has 0 fully saturated rings. The number of rotatable bonds is 3. The number of hydrogen-bond donors (Lipinski definition) is 1. The maximum absolute atomic E-state index is 12.1. The van der Waals surface area contributed by atoms with Crippen LogP contribution in [0.2, 0.25) is 0 Å². The van der Waals surface area contributed by atoms with Gasteiger partial charge in [-0.2, -0.15) is 4.98 Å². The van der Waals surface area contributed by atoms with Crippen LogP contribution in [0.5, 0.6) is 5.75 Å². The van der Waals surface area contributed by atoms with Crippen molar-refractivity contribution in [1.82, 2.24) is 14.8 Å². The number of methoxy groups -OCH3 is 1. The molecule has 0 aliphatic carbocycles. The lowest BCUT2D eigenvalue weighted by Gasteiger charge is -2.05. The van der Waals surface area contributed by atoms with Crippen LogP contribution in [-0.4, -0.2) is 27.8 Å². The molecule has 0 spiro atoms. The van der Waals surface area contributed by atoms with Crippen LogP contribution >= 0.6 is 15.9 Å². The number of nitrogens with zero attached hydrogens (tertiary/aromatic N) is 3. The minimum Gasteiger partial charge on any atom is -0.497 e. The number of aromatic nitrogens is 3. The van der Waals surface area contributed by atoms with Crippen LogP contribution in [0.4, 0.5) is 5.95 Å². The molecular weight excluding hydrogens is 312 g/mol. The molecule has 0 unspecified atom stereocenters. The molecule has 1 amide bonds. The molecule has 0 aliphatic heterocycles. The lowest BCUT2D eigenvalue weighted by molar-refractivity contribution is 0.102. The Kier molecular flexibility index (Phi) is 3.84. The van der Waals surface area contributed by atoms with E-state index in [0.29, 0.717) is 11.3 Å². The van der Waals surface area contributed by atoms with E-state index in [9.17, 15) is 4.79 Å². The van der Waals surface area contributed by atoms with Crippen LogP contribution in [0.25, 0.3) is 0 Å². The highest BCUT2D eigenvalue weighted by atomic mass is 79.9. The summed E-state index contributed by atoms with van der Waals surface area (Å²) in [7, 11) is 3.31. The van der Waals surface area contributed by atoms with Crippen LogP contribution in [-0.2, 0) is 7.05 Å². The number of nitrogens with one attached hydrogen (secondary N) is 1. The number of carbonyl (C=O) groups excluding carboxylic acids is 1. The van der Waals surface area contributed by atoms with Gasteiger partial charge in [-0.3, -0.25) is 14.8 Å². The van der Waals surface area contributed by atoms with E-state index in [4.69, 9.17) is 4.74 Å². The Morgan fingerprint density at radius 1 is 1.42 bits per heavy atom. The zero-order valence-corrected chi connectivity index (χ0v) is 12.4. The molecule has 0 bridgehead atoms. The molecule has 6 nitrogen and oxygen atoms in total. The van der Waals surface area contributed by atoms with E-state index in [-0.39, 0.29) is 11.9 Å². The first kappa shape index (κ1) is 13.5. The summed E-state index contributed by atoms with van der Waals surface area (Å²) in [6, 6.07) is 5.13.